The zero-order valence-corrected chi connectivity index (χ0v) is 19.5. The Kier molecular flexibility index (Phi) is 5.79. The molecule has 10 heteroatoms. The molecule has 1 atom stereocenters. The number of imidazole rings is 1. The number of anilines is 1. The van der Waals surface area contributed by atoms with Crippen LogP contribution in [-0.4, -0.2) is 77.3 Å². The lowest BCUT2D eigenvalue weighted by Gasteiger charge is -2.39. The molecule has 1 amide bonds. The number of para-hydroxylation sites is 1. The van der Waals surface area contributed by atoms with E-state index >= 15 is 0 Å². The van der Waals surface area contributed by atoms with Crippen LogP contribution < -0.4 is 4.90 Å². The Labute approximate surface area is 193 Å². The molecule has 4 heterocycles. The van der Waals surface area contributed by atoms with Gasteiger partial charge in [0.05, 0.1) is 11.4 Å². The van der Waals surface area contributed by atoms with Crippen LogP contribution in [0, 0.1) is 5.92 Å². The van der Waals surface area contributed by atoms with Crippen molar-refractivity contribution in [2.45, 2.75) is 18.0 Å². The first-order valence-corrected chi connectivity index (χ1v) is 12.7. The van der Waals surface area contributed by atoms with Gasteiger partial charge < -0.3 is 14.4 Å². The standard InChI is InChI=1S/C23H28N6O3S/c1-26-12-10-25-23(26)33(31,32)29-11-4-5-18(17-29)22(30)28-15-13-27(14-16-28)21-8-9-24-20-7-3-2-6-19(20)21/h2-3,6-10,12,18H,4-5,11,13-17H2,1H3. The number of aromatic nitrogens is 3. The van der Waals surface area contributed by atoms with E-state index in [4.69, 9.17) is 0 Å². The number of hydrogen-bond donors (Lipinski definition) is 0. The average Bonchev–Trinajstić information content (AvgIpc) is 3.30. The van der Waals surface area contributed by atoms with Gasteiger partial charge in [-0.2, -0.15) is 4.31 Å². The summed E-state index contributed by atoms with van der Waals surface area (Å²) in [7, 11) is -2.05. The fourth-order valence-electron chi connectivity index (χ4n) is 4.86. The fourth-order valence-corrected chi connectivity index (χ4v) is 6.46. The first-order chi connectivity index (χ1) is 15.9. The number of sulfonamides is 1. The number of benzene rings is 1. The van der Waals surface area contributed by atoms with Gasteiger partial charge in [0.1, 0.15) is 0 Å². The van der Waals surface area contributed by atoms with Crippen molar-refractivity contribution in [1.29, 1.82) is 0 Å². The molecule has 33 heavy (non-hydrogen) atoms. The maximum Gasteiger partial charge on any atom is 0.277 e. The van der Waals surface area contributed by atoms with E-state index in [0.29, 0.717) is 32.5 Å². The lowest BCUT2D eigenvalue weighted by molar-refractivity contribution is -0.137. The second kappa shape index (κ2) is 8.75. The van der Waals surface area contributed by atoms with Crippen LogP contribution in [0.3, 0.4) is 0 Å². The largest absolute Gasteiger partial charge is 0.367 e. The monoisotopic (exact) mass is 468 g/mol. The number of carbonyl (C=O) groups excluding carboxylic acids is 1. The number of rotatable bonds is 4. The lowest BCUT2D eigenvalue weighted by Crippen LogP contribution is -2.53. The minimum atomic E-state index is -3.71. The Hall–Kier alpha value is -2.98. The van der Waals surface area contributed by atoms with E-state index in [1.165, 1.54) is 15.1 Å². The van der Waals surface area contributed by atoms with E-state index in [1.54, 1.807) is 13.2 Å². The molecule has 0 spiro atoms. The third-order valence-electron chi connectivity index (χ3n) is 6.64. The molecule has 2 fully saturated rings. The lowest BCUT2D eigenvalue weighted by atomic mass is 9.97. The number of piperazine rings is 1. The topological polar surface area (TPSA) is 91.6 Å². The van der Waals surface area contributed by atoms with Crippen molar-refractivity contribution in [3.05, 3.63) is 48.9 Å². The summed E-state index contributed by atoms with van der Waals surface area (Å²) in [6, 6.07) is 10.1. The molecule has 3 aromatic rings. The van der Waals surface area contributed by atoms with E-state index in [2.05, 4.69) is 20.9 Å². The van der Waals surface area contributed by atoms with Crippen molar-refractivity contribution >= 4 is 32.5 Å². The molecule has 0 saturated carbocycles. The Bertz CT molecular complexity index is 1260. The normalized spacial score (nSPS) is 20.3. The average molecular weight is 469 g/mol. The molecule has 0 aliphatic carbocycles. The molecule has 174 valence electrons. The van der Waals surface area contributed by atoms with Gasteiger partial charge in [0, 0.05) is 76.0 Å². The summed E-state index contributed by atoms with van der Waals surface area (Å²) in [6.07, 6.45) is 6.30. The highest BCUT2D eigenvalue weighted by atomic mass is 32.2. The van der Waals surface area contributed by atoms with Crippen molar-refractivity contribution in [2.75, 3.05) is 44.2 Å². The molecule has 2 saturated heterocycles. The predicted octanol–water partition coefficient (Wildman–Crippen LogP) is 1.72. The maximum absolute atomic E-state index is 13.3. The van der Waals surface area contributed by atoms with Crippen molar-refractivity contribution in [1.82, 2.24) is 23.7 Å². The van der Waals surface area contributed by atoms with E-state index < -0.39 is 10.0 Å². The number of nitrogens with zero attached hydrogens (tertiary/aromatic N) is 6. The van der Waals surface area contributed by atoms with Crippen LogP contribution in [0.5, 0.6) is 0 Å². The van der Waals surface area contributed by atoms with Crippen molar-refractivity contribution < 1.29 is 13.2 Å². The first kappa shape index (κ1) is 21.8. The number of hydrogen-bond acceptors (Lipinski definition) is 6. The zero-order valence-electron chi connectivity index (χ0n) is 18.7. The van der Waals surface area contributed by atoms with E-state index in [-0.39, 0.29) is 23.5 Å². The smallest absolute Gasteiger partial charge is 0.277 e. The number of amides is 1. The van der Waals surface area contributed by atoms with Crippen molar-refractivity contribution in [3.63, 3.8) is 0 Å². The summed E-state index contributed by atoms with van der Waals surface area (Å²) < 4.78 is 29.0. The van der Waals surface area contributed by atoms with Gasteiger partial charge in [-0.1, -0.05) is 18.2 Å². The highest BCUT2D eigenvalue weighted by Gasteiger charge is 2.37. The highest BCUT2D eigenvalue weighted by molar-refractivity contribution is 7.89. The minimum Gasteiger partial charge on any atom is -0.367 e. The van der Waals surface area contributed by atoms with E-state index in [0.717, 1.165) is 29.7 Å². The third-order valence-corrected chi connectivity index (χ3v) is 8.51. The fraction of sp³-hybridized carbons (Fsp3) is 0.435. The second-order valence-electron chi connectivity index (χ2n) is 8.68. The van der Waals surface area contributed by atoms with Gasteiger partial charge in [-0.25, -0.2) is 13.4 Å². The molecule has 0 bridgehead atoms. The first-order valence-electron chi connectivity index (χ1n) is 11.3. The molecule has 1 unspecified atom stereocenters. The number of carbonyl (C=O) groups is 1. The SMILES string of the molecule is Cn1ccnc1S(=O)(=O)N1CCCC(C(=O)N2CCN(c3ccnc4ccccc34)CC2)C1. The third kappa shape index (κ3) is 4.08. The molecule has 1 aromatic carbocycles. The summed E-state index contributed by atoms with van der Waals surface area (Å²) in [4.78, 5) is 25.9. The Morgan fingerprint density at radius 1 is 1.00 bits per heavy atom. The zero-order chi connectivity index (χ0) is 23.0. The van der Waals surface area contributed by atoms with Crippen molar-refractivity contribution in [2.24, 2.45) is 13.0 Å². The Balaban J connectivity index is 1.25. The molecule has 2 aromatic heterocycles. The molecule has 0 N–H and O–H groups in total. The minimum absolute atomic E-state index is 0.0220. The van der Waals surface area contributed by atoms with Crippen LogP contribution in [0.15, 0.2) is 54.1 Å². The predicted molar refractivity (Wildman–Crippen MR) is 125 cm³/mol. The molecular formula is C23H28N6O3S. The molecule has 2 aliphatic rings. The maximum atomic E-state index is 13.3. The second-order valence-corrected chi connectivity index (χ2v) is 10.5. The van der Waals surface area contributed by atoms with Gasteiger partial charge in [0.2, 0.25) is 11.1 Å². The van der Waals surface area contributed by atoms with Gasteiger partial charge in [0.25, 0.3) is 10.0 Å². The van der Waals surface area contributed by atoms with Gasteiger partial charge in [-0.05, 0) is 25.0 Å². The van der Waals surface area contributed by atoms with E-state index in [9.17, 15) is 13.2 Å². The molecule has 9 nitrogen and oxygen atoms in total. The quantitative estimate of drug-likeness (QED) is 0.579. The van der Waals surface area contributed by atoms with Gasteiger partial charge in [0.15, 0.2) is 0 Å². The van der Waals surface area contributed by atoms with Crippen LogP contribution in [0.2, 0.25) is 0 Å². The summed E-state index contributed by atoms with van der Waals surface area (Å²) in [5.41, 5.74) is 2.10. The molecular weight excluding hydrogens is 440 g/mol. The molecule has 5 rings (SSSR count). The van der Waals surface area contributed by atoms with Crippen LogP contribution in [0.4, 0.5) is 5.69 Å². The summed E-state index contributed by atoms with van der Waals surface area (Å²) in [5.74, 6) is -0.268. The van der Waals surface area contributed by atoms with Crippen LogP contribution in [0.1, 0.15) is 12.8 Å². The Morgan fingerprint density at radius 2 is 1.79 bits per heavy atom. The molecule has 2 aliphatic heterocycles. The van der Waals surface area contributed by atoms with Crippen LogP contribution >= 0.6 is 0 Å². The summed E-state index contributed by atoms with van der Waals surface area (Å²) >= 11 is 0. The summed E-state index contributed by atoms with van der Waals surface area (Å²) in [5, 5.41) is 1.14. The number of piperidine rings is 1. The number of pyridine rings is 1. The number of aryl methyl sites for hydroxylation is 1. The van der Waals surface area contributed by atoms with Crippen LogP contribution in [-0.2, 0) is 21.9 Å². The molecule has 0 radical (unpaired) electrons. The van der Waals surface area contributed by atoms with Crippen LogP contribution in [0.25, 0.3) is 10.9 Å². The van der Waals surface area contributed by atoms with Gasteiger partial charge in [-0.3, -0.25) is 9.78 Å². The van der Waals surface area contributed by atoms with Crippen molar-refractivity contribution in [3.8, 4) is 0 Å². The van der Waals surface area contributed by atoms with Gasteiger partial charge >= 0.3 is 0 Å². The van der Waals surface area contributed by atoms with E-state index in [1.807, 2.05) is 35.4 Å². The number of fused-ring (bicyclic) bond motifs is 1. The van der Waals surface area contributed by atoms with Gasteiger partial charge in [-0.15, -0.1) is 0 Å². The Morgan fingerprint density at radius 3 is 2.55 bits per heavy atom. The summed E-state index contributed by atoms with van der Waals surface area (Å²) in [6.45, 7) is 3.35. The highest BCUT2D eigenvalue weighted by Crippen LogP contribution is 2.28.